The van der Waals surface area contributed by atoms with Gasteiger partial charge in [0.05, 0.1) is 24.4 Å². The monoisotopic (exact) mass is 400 g/mol. The summed E-state index contributed by atoms with van der Waals surface area (Å²) in [7, 11) is 3.19. The lowest BCUT2D eigenvalue weighted by molar-refractivity contribution is -0.127. The predicted octanol–water partition coefficient (Wildman–Crippen LogP) is 3.01. The SMILES string of the molecule is CCn1c(=NC(=O)C2COc3ccccc3O2)sc2cc(OC)c(OC)cc21. The summed E-state index contributed by atoms with van der Waals surface area (Å²) in [6.07, 6.45) is -0.769. The maximum absolute atomic E-state index is 12.7. The molecule has 1 aliphatic heterocycles. The lowest BCUT2D eigenvalue weighted by Gasteiger charge is -2.23. The Bertz CT molecular complexity index is 1100. The first-order chi connectivity index (χ1) is 13.6. The Balaban J connectivity index is 1.72. The van der Waals surface area contributed by atoms with E-state index in [0.29, 0.717) is 34.3 Å². The van der Waals surface area contributed by atoms with Crippen molar-refractivity contribution in [3.8, 4) is 23.0 Å². The van der Waals surface area contributed by atoms with Crippen LogP contribution in [0.15, 0.2) is 41.4 Å². The molecular formula is C20H20N2O5S. The molecule has 1 amide bonds. The van der Waals surface area contributed by atoms with Crippen LogP contribution in [0.5, 0.6) is 23.0 Å². The zero-order valence-corrected chi connectivity index (χ0v) is 16.6. The number of fused-ring (bicyclic) bond motifs is 2. The molecule has 8 heteroatoms. The third kappa shape index (κ3) is 3.20. The number of rotatable bonds is 4. The van der Waals surface area contributed by atoms with E-state index in [-0.39, 0.29) is 12.5 Å². The van der Waals surface area contributed by atoms with Gasteiger partial charge >= 0.3 is 0 Å². The van der Waals surface area contributed by atoms with Gasteiger partial charge in [0, 0.05) is 18.7 Å². The van der Waals surface area contributed by atoms with Crippen LogP contribution in [0.3, 0.4) is 0 Å². The molecule has 1 unspecified atom stereocenters. The van der Waals surface area contributed by atoms with Crippen LogP contribution in [0, 0.1) is 0 Å². The first-order valence-electron chi connectivity index (χ1n) is 8.87. The highest BCUT2D eigenvalue weighted by atomic mass is 32.1. The molecule has 0 radical (unpaired) electrons. The second-order valence-corrected chi connectivity index (χ2v) is 7.13. The van der Waals surface area contributed by atoms with Crippen LogP contribution in [0.25, 0.3) is 10.2 Å². The number of hydrogen-bond donors (Lipinski definition) is 0. The van der Waals surface area contributed by atoms with E-state index in [1.807, 2.05) is 41.8 Å². The fourth-order valence-corrected chi connectivity index (χ4v) is 4.20. The van der Waals surface area contributed by atoms with Crippen molar-refractivity contribution in [2.75, 3.05) is 20.8 Å². The van der Waals surface area contributed by atoms with Crippen LogP contribution in [0.4, 0.5) is 0 Å². The second kappa shape index (κ2) is 7.55. The molecule has 7 nitrogen and oxygen atoms in total. The van der Waals surface area contributed by atoms with Crippen molar-refractivity contribution in [3.05, 3.63) is 41.2 Å². The average molecular weight is 400 g/mol. The van der Waals surface area contributed by atoms with Crippen molar-refractivity contribution >= 4 is 27.5 Å². The topological polar surface area (TPSA) is 71.3 Å². The minimum absolute atomic E-state index is 0.137. The van der Waals surface area contributed by atoms with Crippen molar-refractivity contribution < 1.29 is 23.7 Å². The number of carbonyl (C=O) groups is 1. The Kier molecular flexibility index (Phi) is 4.95. The summed E-state index contributed by atoms with van der Waals surface area (Å²) in [5.41, 5.74) is 0.933. The van der Waals surface area contributed by atoms with Gasteiger partial charge in [0.2, 0.25) is 6.10 Å². The maximum atomic E-state index is 12.7. The van der Waals surface area contributed by atoms with Gasteiger partial charge in [0.25, 0.3) is 5.91 Å². The van der Waals surface area contributed by atoms with Gasteiger partial charge in [-0.05, 0) is 19.1 Å². The predicted molar refractivity (Wildman–Crippen MR) is 106 cm³/mol. The second-order valence-electron chi connectivity index (χ2n) is 6.12. The summed E-state index contributed by atoms with van der Waals surface area (Å²) in [6, 6.07) is 11.1. The molecule has 0 N–H and O–H groups in total. The van der Waals surface area contributed by atoms with E-state index in [1.165, 1.54) is 11.3 Å². The van der Waals surface area contributed by atoms with Gasteiger partial charge < -0.3 is 23.5 Å². The van der Waals surface area contributed by atoms with Crippen molar-refractivity contribution in [1.29, 1.82) is 0 Å². The molecule has 2 aromatic carbocycles. The van der Waals surface area contributed by atoms with E-state index in [4.69, 9.17) is 18.9 Å². The molecule has 0 saturated heterocycles. The summed E-state index contributed by atoms with van der Waals surface area (Å²) in [5.74, 6) is 2.08. The van der Waals surface area contributed by atoms with Crippen LogP contribution >= 0.6 is 11.3 Å². The summed E-state index contributed by atoms with van der Waals surface area (Å²) < 4.78 is 25.1. The van der Waals surface area contributed by atoms with E-state index in [0.717, 1.165) is 10.2 Å². The molecule has 0 saturated carbocycles. The molecular weight excluding hydrogens is 380 g/mol. The number of methoxy groups -OCH3 is 2. The minimum atomic E-state index is -0.769. The Morgan fingerprint density at radius 1 is 1.21 bits per heavy atom. The summed E-state index contributed by atoms with van der Waals surface area (Å²) in [4.78, 5) is 17.7. The van der Waals surface area contributed by atoms with Gasteiger partial charge in [-0.25, -0.2) is 0 Å². The Labute approximate surface area is 165 Å². The molecule has 2 heterocycles. The molecule has 0 fully saturated rings. The molecule has 3 aromatic rings. The molecule has 0 bridgehead atoms. The number of para-hydroxylation sites is 2. The Morgan fingerprint density at radius 2 is 1.93 bits per heavy atom. The minimum Gasteiger partial charge on any atom is -0.493 e. The van der Waals surface area contributed by atoms with Gasteiger partial charge in [-0.3, -0.25) is 4.79 Å². The number of benzene rings is 2. The van der Waals surface area contributed by atoms with Crippen molar-refractivity contribution in [1.82, 2.24) is 4.57 Å². The smallest absolute Gasteiger partial charge is 0.292 e. The zero-order valence-electron chi connectivity index (χ0n) is 15.8. The van der Waals surface area contributed by atoms with Gasteiger partial charge in [-0.15, -0.1) is 0 Å². The number of aromatic nitrogens is 1. The van der Waals surface area contributed by atoms with Gasteiger partial charge in [0.15, 0.2) is 27.8 Å². The number of amides is 1. The molecule has 28 heavy (non-hydrogen) atoms. The fraction of sp³-hybridized carbons (Fsp3) is 0.300. The van der Waals surface area contributed by atoms with E-state index in [1.54, 1.807) is 20.3 Å². The van der Waals surface area contributed by atoms with Crippen molar-refractivity contribution in [2.24, 2.45) is 4.99 Å². The molecule has 146 valence electrons. The number of thiazole rings is 1. The number of ether oxygens (including phenoxy) is 4. The first-order valence-corrected chi connectivity index (χ1v) is 9.68. The normalized spacial score (nSPS) is 16.2. The number of carbonyl (C=O) groups excluding carboxylic acids is 1. The number of nitrogens with zero attached hydrogens (tertiary/aromatic N) is 2. The standard InChI is InChI=1S/C20H20N2O5S/c1-4-22-12-9-15(24-2)16(25-3)10-18(12)28-20(22)21-19(23)17-11-26-13-7-5-6-8-14(13)27-17/h5-10,17H,4,11H2,1-3H3. The van der Waals surface area contributed by atoms with Gasteiger partial charge in [-0.1, -0.05) is 23.5 Å². The average Bonchev–Trinajstić information content (AvgIpc) is 3.07. The van der Waals surface area contributed by atoms with Crippen LogP contribution in [0.1, 0.15) is 6.92 Å². The maximum Gasteiger partial charge on any atom is 0.292 e. The summed E-state index contributed by atoms with van der Waals surface area (Å²) in [6.45, 7) is 2.80. The molecule has 4 rings (SSSR count). The highest BCUT2D eigenvalue weighted by molar-refractivity contribution is 7.16. The molecule has 1 aliphatic rings. The Morgan fingerprint density at radius 3 is 2.64 bits per heavy atom. The van der Waals surface area contributed by atoms with Gasteiger partial charge in [0.1, 0.15) is 6.61 Å². The van der Waals surface area contributed by atoms with E-state index in [9.17, 15) is 4.79 Å². The highest BCUT2D eigenvalue weighted by Crippen LogP contribution is 2.34. The molecule has 1 atom stereocenters. The van der Waals surface area contributed by atoms with Crippen molar-refractivity contribution in [2.45, 2.75) is 19.6 Å². The molecule has 1 aromatic heterocycles. The fourth-order valence-electron chi connectivity index (χ4n) is 3.10. The van der Waals surface area contributed by atoms with E-state index >= 15 is 0 Å². The largest absolute Gasteiger partial charge is 0.493 e. The van der Waals surface area contributed by atoms with Crippen LogP contribution in [0.2, 0.25) is 0 Å². The summed E-state index contributed by atoms with van der Waals surface area (Å²) >= 11 is 1.42. The third-order valence-electron chi connectivity index (χ3n) is 4.49. The lowest BCUT2D eigenvalue weighted by Crippen LogP contribution is -2.36. The Hall–Kier alpha value is -3.00. The number of hydrogen-bond acceptors (Lipinski definition) is 6. The van der Waals surface area contributed by atoms with Crippen LogP contribution in [-0.2, 0) is 11.3 Å². The lowest BCUT2D eigenvalue weighted by atomic mass is 10.2. The van der Waals surface area contributed by atoms with Crippen LogP contribution < -0.4 is 23.7 Å². The highest BCUT2D eigenvalue weighted by Gasteiger charge is 2.27. The zero-order chi connectivity index (χ0) is 19.7. The molecule has 0 spiro atoms. The summed E-state index contributed by atoms with van der Waals surface area (Å²) in [5, 5.41) is 0. The third-order valence-corrected chi connectivity index (χ3v) is 5.54. The van der Waals surface area contributed by atoms with Gasteiger partial charge in [-0.2, -0.15) is 4.99 Å². The van der Waals surface area contributed by atoms with E-state index < -0.39 is 6.10 Å². The van der Waals surface area contributed by atoms with Crippen LogP contribution in [-0.4, -0.2) is 37.4 Å². The number of aryl methyl sites for hydroxylation is 1. The molecule has 0 aliphatic carbocycles. The first kappa shape index (κ1) is 18.4. The quantitative estimate of drug-likeness (QED) is 0.673. The van der Waals surface area contributed by atoms with Crippen molar-refractivity contribution in [3.63, 3.8) is 0 Å². The van der Waals surface area contributed by atoms with E-state index in [2.05, 4.69) is 4.99 Å².